The van der Waals surface area contributed by atoms with Gasteiger partial charge in [-0.3, -0.25) is 0 Å². The lowest BCUT2D eigenvalue weighted by molar-refractivity contribution is -0.137. The van der Waals surface area contributed by atoms with Crippen molar-refractivity contribution in [1.29, 1.82) is 0 Å². The Hall–Kier alpha value is -1.41. The Kier molecular flexibility index (Phi) is 7.94. The Labute approximate surface area is 231 Å². The molecule has 1 aromatic heterocycles. The van der Waals surface area contributed by atoms with E-state index in [4.69, 9.17) is 21.0 Å². The number of benzene rings is 1. The van der Waals surface area contributed by atoms with Gasteiger partial charge < -0.3 is 9.53 Å². The summed E-state index contributed by atoms with van der Waals surface area (Å²) in [6, 6.07) is 3.82. The zero-order valence-corrected chi connectivity index (χ0v) is 25.4. The number of aliphatic hydroxyl groups excluding tert-OH is 1. The normalized spacial score (nSPS) is 20.6. The van der Waals surface area contributed by atoms with E-state index in [0.29, 0.717) is 17.5 Å². The van der Waals surface area contributed by atoms with Gasteiger partial charge in [-0.25, -0.2) is 4.98 Å². The lowest BCUT2D eigenvalue weighted by Crippen LogP contribution is -2.44. The molecule has 1 heterocycles. The third kappa shape index (κ3) is 5.72. The first-order chi connectivity index (χ1) is 17.4. The Morgan fingerprint density at radius 3 is 2.29 bits per heavy atom. The van der Waals surface area contributed by atoms with Crippen LogP contribution in [0.4, 0.5) is 13.2 Å². The molecule has 1 atom stereocenters. The zero-order chi connectivity index (χ0) is 28.3. The summed E-state index contributed by atoms with van der Waals surface area (Å²) in [4.78, 5) is 4.81. The lowest BCUT2D eigenvalue weighted by Gasteiger charge is -2.45. The van der Waals surface area contributed by atoms with E-state index < -0.39 is 20.1 Å². The van der Waals surface area contributed by atoms with Gasteiger partial charge in [-0.1, -0.05) is 65.1 Å². The molecule has 0 radical (unpaired) electrons. The van der Waals surface area contributed by atoms with Gasteiger partial charge in [-0.05, 0) is 84.0 Å². The van der Waals surface area contributed by atoms with Crippen LogP contribution >= 0.6 is 11.6 Å². The molecule has 38 heavy (non-hydrogen) atoms. The maximum absolute atomic E-state index is 14.3. The van der Waals surface area contributed by atoms with E-state index in [1.54, 1.807) is 0 Å². The SMILES string of the molecule is CC1(C)Cc2nc(Cl)c(-c3cc(CO)ccc3C(F)(F)F)c(C3CCCC3)c2C(O[Si](C)(C)C(C)(C)C)C1. The van der Waals surface area contributed by atoms with Crippen LogP contribution in [0.2, 0.25) is 23.3 Å². The van der Waals surface area contributed by atoms with Crippen molar-refractivity contribution in [2.24, 2.45) is 5.41 Å². The van der Waals surface area contributed by atoms with Gasteiger partial charge in [0.05, 0.1) is 18.3 Å². The van der Waals surface area contributed by atoms with Crippen molar-refractivity contribution in [3.63, 3.8) is 0 Å². The molecule has 0 saturated heterocycles. The molecular formula is C30H41ClF3NO2Si. The second-order valence-electron chi connectivity index (χ2n) is 13.5. The Morgan fingerprint density at radius 1 is 1.11 bits per heavy atom. The first-order valence-electron chi connectivity index (χ1n) is 13.7. The number of hydrogen-bond acceptors (Lipinski definition) is 3. The molecule has 0 spiro atoms. The van der Waals surface area contributed by atoms with Crippen LogP contribution in [-0.2, 0) is 23.6 Å². The average Bonchev–Trinajstić information content (AvgIpc) is 3.30. The van der Waals surface area contributed by atoms with Gasteiger partial charge in [0, 0.05) is 16.8 Å². The standard InChI is InChI=1S/C30H41ClF3NO2Si/c1-28(2,3)38(6,7)37-23-16-29(4,5)15-22-26(23)24(19-10-8-9-11-19)25(27(31)35-22)20-14-18(17-36)12-13-21(20)30(32,33)34/h12-14,19,23,36H,8-11,15-17H2,1-7H3. The van der Waals surface area contributed by atoms with Crippen molar-refractivity contribution < 1.29 is 22.7 Å². The van der Waals surface area contributed by atoms with Gasteiger partial charge in [-0.2, -0.15) is 13.2 Å². The van der Waals surface area contributed by atoms with Crippen LogP contribution in [0, 0.1) is 5.41 Å². The highest BCUT2D eigenvalue weighted by Gasteiger charge is 2.46. The highest BCUT2D eigenvalue weighted by Crippen LogP contribution is 2.54. The summed E-state index contributed by atoms with van der Waals surface area (Å²) in [5.74, 6) is 0.0878. The summed E-state index contributed by atoms with van der Waals surface area (Å²) >= 11 is 6.87. The lowest BCUT2D eigenvalue weighted by atomic mass is 9.71. The summed E-state index contributed by atoms with van der Waals surface area (Å²) in [5.41, 5.74) is 2.64. The summed E-state index contributed by atoms with van der Waals surface area (Å²) < 4.78 is 50.1. The van der Waals surface area contributed by atoms with Crippen molar-refractivity contribution in [3.05, 3.63) is 51.3 Å². The molecule has 1 saturated carbocycles. The van der Waals surface area contributed by atoms with Crippen LogP contribution in [0.15, 0.2) is 18.2 Å². The third-order valence-electron chi connectivity index (χ3n) is 8.86. The van der Waals surface area contributed by atoms with E-state index >= 15 is 0 Å². The smallest absolute Gasteiger partial charge is 0.410 e. The number of aromatic nitrogens is 1. The summed E-state index contributed by atoms with van der Waals surface area (Å²) in [6.07, 6.45) is 0.494. The predicted octanol–water partition coefficient (Wildman–Crippen LogP) is 9.61. The molecule has 3 nitrogen and oxygen atoms in total. The van der Waals surface area contributed by atoms with Crippen molar-refractivity contribution in [1.82, 2.24) is 4.98 Å². The van der Waals surface area contributed by atoms with Crippen LogP contribution < -0.4 is 0 Å². The molecule has 210 valence electrons. The number of alkyl halides is 3. The molecule has 2 aliphatic carbocycles. The van der Waals surface area contributed by atoms with Gasteiger partial charge in [0.1, 0.15) is 5.15 Å². The average molecular weight is 568 g/mol. The van der Waals surface area contributed by atoms with Crippen LogP contribution in [0.5, 0.6) is 0 Å². The number of pyridine rings is 1. The van der Waals surface area contributed by atoms with E-state index in [2.05, 4.69) is 47.7 Å². The minimum atomic E-state index is -4.57. The predicted molar refractivity (Wildman–Crippen MR) is 150 cm³/mol. The highest BCUT2D eigenvalue weighted by molar-refractivity contribution is 6.74. The first kappa shape index (κ1) is 29.6. The Balaban J connectivity index is 2.06. The molecular weight excluding hydrogens is 527 g/mol. The molecule has 1 aromatic carbocycles. The van der Waals surface area contributed by atoms with E-state index in [1.807, 2.05) is 0 Å². The summed E-state index contributed by atoms with van der Waals surface area (Å²) in [7, 11) is -2.23. The van der Waals surface area contributed by atoms with Crippen molar-refractivity contribution >= 4 is 19.9 Å². The van der Waals surface area contributed by atoms with Gasteiger partial charge >= 0.3 is 6.18 Å². The summed E-state index contributed by atoms with van der Waals surface area (Å²) in [6.45, 7) is 15.1. The molecule has 2 aromatic rings. The molecule has 1 fully saturated rings. The molecule has 0 amide bonds. The van der Waals surface area contributed by atoms with Crippen molar-refractivity contribution in [2.45, 2.75) is 116 Å². The van der Waals surface area contributed by atoms with Gasteiger partial charge in [0.2, 0.25) is 0 Å². The summed E-state index contributed by atoms with van der Waals surface area (Å²) in [5, 5.41) is 9.89. The third-order valence-corrected chi connectivity index (χ3v) is 13.6. The minimum absolute atomic E-state index is 0.00200. The van der Waals surface area contributed by atoms with Crippen LogP contribution in [0.25, 0.3) is 11.1 Å². The molecule has 8 heteroatoms. The maximum Gasteiger partial charge on any atom is 0.417 e. The molecule has 0 bridgehead atoms. The highest BCUT2D eigenvalue weighted by atomic mass is 35.5. The van der Waals surface area contributed by atoms with Crippen molar-refractivity contribution in [3.8, 4) is 11.1 Å². The largest absolute Gasteiger partial charge is 0.417 e. The fraction of sp³-hybridized carbons (Fsp3) is 0.633. The van der Waals surface area contributed by atoms with Gasteiger partial charge in [0.15, 0.2) is 8.32 Å². The molecule has 1 unspecified atom stereocenters. The number of aliphatic hydroxyl groups is 1. The van der Waals surface area contributed by atoms with E-state index in [9.17, 15) is 18.3 Å². The molecule has 2 aliphatic rings. The molecule has 4 rings (SSSR count). The maximum atomic E-state index is 14.3. The van der Waals surface area contributed by atoms with Crippen LogP contribution in [0.1, 0.15) is 107 Å². The second kappa shape index (κ2) is 10.2. The topological polar surface area (TPSA) is 42.4 Å². The van der Waals surface area contributed by atoms with Crippen molar-refractivity contribution in [2.75, 3.05) is 0 Å². The molecule has 1 N–H and O–H groups in total. The van der Waals surface area contributed by atoms with Crippen LogP contribution in [-0.4, -0.2) is 18.4 Å². The first-order valence-corrected chi connectivity index (χ1v) is 16.9. The zero-order valence-electron chi connectivity index (χ0n) is 23.7. The fourth-order valence-corrected chi connectivity index (χ4v) is 7.50. The number of rotatable bonds is 5. The van der Waals surface area contributed by atoms with E-state index in [0.717, 1.165) is 55.0 Å². The number of fused-ring (bicyclic) bond motifs is 1. The number of nitrogens with zero attached hydrogens (tertiary/aromatic N) is 1. The number of halogens is 4. The van der Waals surface area contributed by atoms with Gasteiger partial charge in [-0.15, -0.1) is 0 Å². The Bertz CT molecular complexity index is 1200. The molecule has 0 aliphatic heterocycles. The van der Waals surface area contributed by atoms with Crippen LogP contribution in [0.3, 0.4) is 0 Å². The quantitative estimate of drug-likeness (QED) is 0.289. The number of hydrogen-bond donors (Lipinski definition) is 1. The fourth-order valence-electron chi connectivity index (χ4n) is 5.93. The monoisotopic (exact) mass is 567 g/mol. The van der Waals surface area contributed by atoms with E-state index in [1.165, 1.54) is 12.1 Å². The van der Waals surface area contributed by atoms with Gasteiger partial charge in [0.25, 0.3) is 0 Å². The Morgan fingerprint density at radius 2 is 1.74 bits per heavy atom. The minimum Gasteiger partial charge on any atom is -0.410 e. The second-order valence-corrected chi connectivity index (χ2v) is 18.6. The van der Waals surface area contributed by atoms with E-state index in [-0.39, 0.29) is 39.8 Å².